The fraction of sp³-hybridized carbons (Fsp3) is 0.647. The summed E-state index contributed by atoms with van der Waals surface area (Å²) in [5.41, 5.74) is 1.98. The number of halogens is 1. The van der Waals surface area contributed by atoms with Gasteiger partial charge in [0.1, 0.15) is 0 Å². The van der Waals surface area contributed by atoms with Gasteiger partial charge in [-0.2, -0.15) is 0 Å². The fourth-order valence-corrected chi connectivity index (χ4v) is 3.61. The second kappa shape index (κ2) is 5.10. The molecule has 1 aliphatic carbocycles. The Labute approximate surface area is 122 Å². The SMILES string of the molecule is Cc1ccc(CC2(O)CCC(C)(C)CC2C)c(Cl)c1. The van der Waals surface area contributed by atoms with Gasteiger partial charge in [0.25, 0.3) is 0 Å². The summed E-state index contributed by atoms with van der Waals surface area (Å²) < 4.78 is 0. The molecule has 1 aliphatic rings. The van der Waals surface area contributed by atoms with Gasteiger partial charge in [0, 0.05) is 11.4 Å². The van der Waals surface area contributed by atoms with Gasteiger partial charge < -0.3 is 5.11 Å². The van der Waals surface area contributed by atoms with E-state index in [1.807, 2.05) is 13.0 Å². The molecule has 0 heterocycles. The number of aryl methyl sites for hydroxylation is 1. The Bertz CT molecular complexity index is 466. The van der Waals surface area contributed by atoms with Gasteiger partial charge >= 0.3 is 0 Å². The van der Waals surface area contributed by atoms with Gasteiger partial charge in [0.15, 0.2) is 0 Å². The molecule has 2 unspecified atom stereocenters. The molecule has 2 heteroatoms. The maximum Gasteiger partial charge on any atom is 0.0714 e. The molecule has 1 aromatic rings. The van der Waals surface area contributed by atoms with Crippen LogP contribution in [0.25, 0.3) is 0 Å². The van der Waals surface area contributed by atoms with Crippen molar-refractivity contribution >= 4 is 11.6 Å². The quantitative estimate of drug-likeness (QED) is 0.827. The van der Waals surface area contributed by atoms with E-state index in [2.05, 4.69) is 32.9 Å². The molecule has 1 aromatic carbocycles. The molecule has 0 aliphatic heterocycles. The molecular weight excluding hydrogens is 256 g/mol. The number of aliphatic hydroxyl groups is 1. The van der Waals surface area contributed by atoms with Crippen molar-refractivity contribution in [3.8, 4) is 0 Å². The Morgan fingerprint density at radius 1 is 1.32 bits per heavy atom. The Hall–Kier alpha value is -0.530. The Morgan fingerprint density at radius 3 is 2.58 bits per heavy atom. The number of hydrogen-bond acceptors (Lipinski definition) is 1. The van der Waals surface area contributed by atoms with E-state index in [1.165, 1.54) is 5.56 Å². The van der Waals surface area contributed by atoms with Crippen LogP contribution in [0.2, 0.25) is 5.02 Å². The summed E-state index contributed by atoms with van der Waals surface area (Å²) in [7, 11) is 0. The third kappa shape index (κ3) is 3.32. The first kappa shape index (κ1) is 14.9. The number of hydrogen-bond donors (Lipinski definition) is 1. The van der Waals surface area contributed by atoms with Crippen LogP contribution < -0.4 is 0 Å². The van der Waals surface area contributed by atoms with E-state index in [0.29, 0.717) is 17.8 Å². The van der Waals surface area contributed by atoms with Crippen LogP contribution in [0.15, 0.2) is 18.2 Å². The molecular formula is C17H25ClO. The fourth-order valence-electron chi connectivity index (χ4n) is 3.31. The molecule has 2 atom stereocenters. The van der Waals surface area contributed by atoms with E-state index in [9.17, 15) is 5.11 Å². The van der Waals surface area contributed by atoms with Gasteiger partial charge in [-0.1, -0.05) is 44.5 Å². The second-order valence-corrected chi connectivity index (χ2v) is 7.55. The van der Waals surface area contributed by atoms with Crippen molar-refractivity contribution in [2.24, 2.45) is 11.3 Å². The minimum Gasteiger partial charge on any atom is -0.389 e. The van der Waals surface area contributed by atoms with Crippen molar-refractivity contribution in [1.82, 2.24) is 0 Å². The van der Waals surface area contributed by atoms with Crippen LogP contribution in [-0.2, 0) is 6.42 Å². The third-order valence-electron chi connectivity index (χ3n) is 4.72. The van der Waals surface area contributed by atoms with Gasteiger partial charge in [-0.15, -0.1) is 0 Å². The molecule has 1 N–H and O–H groups in total. The van der Waals surface area contributed by atoms with Crippen LogP contribution in [0.1, 0.15) is 51.2 Å². The maximum atomic E-state index is 11.0. The predicted octanol–water partition coefficient (Wildman–Crippen LogP) is 4.77. The summed E-state index contributed by atoms with van der Waals surface area (Å²) in [4.78, 5) is 0. The topological polar surface area (TPSA) is 20.2 Å². The monoisotopic (exact) mass is 280 g/mol. The van der Waals surface area contributed by atoms with Crippen molar-refractivity contribution in [3.63, 3.8) is 0 Å². The zero-order chi connectivity index (χ0) is 14.3. The molecule has 1 fully saturated rings. The van der Waals surface area contributed by atoms with Crippen LogP contribution in [0, 0.1) is 18.3 Å². The first-order valence-corrected chi connectivity index (χ1v) is 7.57. The Kier molecular flexibility index (Phi) is 3.99. The average Bonchev–Trinajstić information content (AvgIpc) is 2.28. The van der Waals surface area contributed by atoms with Crippen LogP contribution >= 0.6 is 11.6 Å². The lowest BCUT2D eigenvalue weighted by Crippen LogP contribution is -2.45. The summed E-state index contributed by atoms with van der Waals surface area (Å²) in [6.07, 6.45) is 3.69. The normalized spacial score (nSPS) is 30.3. The minimum absolute atomic E-state index is 0.314. The summed E-state index contributed by atoms with van der Waals surface area (Å²) in [6.45, 7) is 8.79. The first-order chi connectivity index (χ1) is 8.72. The van der Waals surface area contributed by atoms with Crippen molar-refractivity contribution in [2.45, 2.75) is 59.0 Å². The van der Waals surface area contributed by atoms with Gasteiger partial charge in [0.2, 0.25) is 0 Å². The Balaban J connectivity index is 2.18. The molecule has 1 nitrogen and oxygen atoms in total. The van der Waals surface area contributed by atoms with Gasteiger partial charge in [-0.25, -0.2) is 0 Å². The lowest BCUT2D eigenvalue weighted by Gasteiger charge is -2.45. The largest absolute Gasteiger partial charge is 0.389 e. The van der Waals surface area contributed by atoms with Crippen LogP contribution in [0.3, 0.4) is 0 Å². The van der Waals surface area contributed by atoms with Crippen molar-refractivity contribution < 1.29 is 5.11 Å². The summed E-state index contributed by atoms with van der Waals surface area (Å²) in [6, 6.07) is 6.11. The second-order valence-electron chi connectivity index (χ2n) is 7.14. The first-order valence-electron chi connectivity index (χ1n) is 7.19. The van der Waals surface area contributed by atoms with Gasteiger partial charge in [0.05, 0.1) is 5.60 Å². The summed E-state index contributed by atoms with van der Waals surface area (Å²) in [5, 5.41) is 11.7. The van der Waals surface area contributed by atoms with Gasteiger partial charge in [-0.3, -0.25) is 0 Å². The summed E-state index contributed by atoms with van der Waals surface area (Å²) >= 11 is 6.30. The highest BCUT2D eigenvalue weighted by atomic mass is 35.5. The van der Waals surface area contributed by atoms with Crippen molar-refractivity contribution in [1.29, 1.82) is 0 Å². The van der Waals surface area contributed by atoms with E-state index >= 15 is 0 Å². The third-order valence-corrected chi connectivity index (χ3v) is 5.07. The molecule has 2 rings (SSSR count). The zero-order valence-electron chi connectivity index (χ0n) is 12.5. The lowest BCUT2D eigenvalue weighted by molar-refractivity contribution is -0.0704. The highest BCUT2D eigenvalue weighted by molar-refractivity contribution is 6.31. The minimum atomic E-state index is -0.603. The molecule has 0 aromatic heterocycles. The Morgan fingerprint density at radius 2 is 2.00 bits per heavy atom. The number of benzene rings is 1. The summed E-state index contributed by atoms with van der Waals surface area (Å²) in [5.74, 6) is 0.314. The predicted molar refractivity (Wildman–Crippen MR) is 81.6 cm³/mol. The molecule has 0 spiro atoms. The number of rotatable bonds is 2. The van der Waals surface area contributed by atoms with E-state index in [1.54, 1.807) is 0 Å². The van der Waals surface area contributed by atoms with Crippen LogP contribution in [0.4, 0.5) is 0 Å². The van der Waals surface area contributed by atoms with Gasteiger partial charge in [-0.05, 0) is 54.7 Å². The van der Waals surface area contributed by atoms with Crippen molar-refractivity contribution in [2.75, 3.05) is 0 Å². The molecule has 19 heavy (non-hydrogen) atoms. The molecule has 0 saturated heterocycles. The van der Waals surface area contributed by atoms with E-state index < -0.39 is 5.60 Å². The molecule has 106 valence electrons. The van der Waals surface area contributed by atoms with Crippen LogP contribution in [0.5, 0.6) is 0 Å². The molecule has 0 radical (unpaired) electrons. The highest BCUT2D eigenvalue weighted by Gasteiger charge is 2.42. The maximum absolute atomic E-state index is 11.0. The molecule has 1 saturated carbocycles. The standard InChI is InChI=1S/C17H25ClO/c1-12-5-6-14(15(18)9-12)11-17(19)8-7-16(3,4)10-13(17)2/h5-6,9,13,19H,7-8,10-11H2,1-4H3. The lowest BCUT2D eigenvalue weighted by atomic mass is 9.64. The highest BCUT2D eigenvalue weighted by Crippen LogP contribution is 2.45. The van der Waals surface area contributed by atoms with Crippen LogP contribution in [-0.4, -0.2) is 10.7 Å². The zero-order valence-corrected chi connectivity index (χ0v) is 13.2. The average molecular weight is 281 g/mol. The smallest absolute Gasteiger partial charge is 0.0714 e. The van der Waals surface area contributed by atoms with E-state index in [0.717, 1.165) is 29.8 Å². The van der Waals surface area contributed by atoms with E-state index in [-0.39, 0.29) is 0 Å². The molecule has 0 amide bonds. The van der Waals surface area contributed by atoms with Crippen molar-refractivity contribution in [3.05, 3.63) is 34.3 Å². The molecule has 0 bridgehead atoms. The van der Waals surface area contributed by atoms with E-state index in [4.69, 9.17) is 11.6 Å².